The SMILES string of the molecule is CC[C@@H]1C[C@H]2[C@@H]3CC=C4C[C@H](C)CC[C@]4(C)[C@H]3CC[C@]2(C)C1=O. The zero-order valence-electron chi connectivity index (χ0n) is 15.5. The fourth-order valence-corrected chi connectivity index (χ4v) is 7.14. The maximum atomic E-state index is 13.0. The van der Waals surface area contributed by atoms with Crippen molar-refractivity contribution in [1.29, 1.82) is 0 Å². The molecule has 23 heavy (non-hydrogen) atoms. The average molecular weight is 315 g/mol. The standard InChI is InChI=1S/C22H34O/c1-5-15-13-19-17-7-6-16-12-14(2)8-10-21(16,3)18(17)9-11-22(19,4)20(15)23/h6,14-15,17-19H,5,7-13H2,1-4H3/t14-,15-,17-,18+,19+,21+,22+/m1/s1. The molecular weight excluding hydrogens is 280 g/mol. The van der Waals surface area contributed by atoms with E-state index in [1.54, 1.807) is 5.57 Å². The summed E-state index contributed by atoms with van der Waals surface area (Å²) in [7, 11) is 0. The van der Waals surface area contributed by atoms with Crippen LogP contribution in [0, 0.1) is 40.4 Å². The summed E-state index contributed by atoms with van der Waals surface area (Å²) in [5.74, 6) is 4.12. The van der Waals surface area contributed by atoms with Gasteiger partial charge in [-0.05, 0) is 80.5 Å². The van der Waals surface area contributed by atoms with Gasteiger partial charge in [-0.3, -0.25) is 4.79 Å². The Hall–Kier alpha value is -0.590. The second-order valence-electron chi connectivity index (χ2n) is 9.77. The lowest BCUT2D eigenvalue weighted by molar-refractivity contribution is -0.134. The van der Waals surface area contributed by atoms with Crippen LogP contribution in [0.4, 0.5) is 0 Å². The van der Waals surface area contributed by atoms with Crippen LogP contribution in [0.2, 0.25) is 0 Å². The number of carbonyl (C=O) groups excluding carboxylic acids is 1. The van der Waals surface area contributed by atoms with Crippen molar-refractivity contribution in [3.8, 4) is 0 Å². The predicted octanol–water partition coefficient (Wildman–Crippen LogP) is 5.79. The lowest BCUT2D eigenvalue weighted by Gasteiger charge is -2.57. The first-order valence-electron chi connectivity index (χ1n) is 10.1. The first-order chi connectivity index (χ1) is 10.9. The molecule has 0 heterocycles. The first kappa shape index (κ1) is 15.9. The van der Waals surface area contributed by atoms with Gasteiger partial charge in [-0.15, -0.1) is 0 Å². The summed E-state index contributed by atoms with van der Waals surface area (Å²) in [6.07, 6.45) is 12.7. The van der Waals surface area contributed by atoms with Gasteiger partial charge in [0.05, 0.1) is 0 Å². The largest absolute Gasteiger partial charge is 0.299 e. The van der Waals surface area contributed by atoms with Crippen molar-refractivity contribution in [3.05, 3.63) is 11.6 Å². The molecule has 0 spiro atoms. The fraction of sp³-hybridized carbons (Fsp3) is 0.864. The number of carbonyl (C=O) groups is 1. The van der Waals surface area contributed by atoms with Crippen LogP contribution in [-0.2, 0) is 4.79 Å². The van der Waals surface area contributed by atoms with Crippen LogP contribution < -0.4 is 0 Å². The highest BCUT2D eigenvalue weighted by molar-refractivity contribution is 5.89. The summed E-state index contributed by atoms with van der Waals surface area (Å²) in [5.41, 5.74) is 2.23. The number of ketones is 1. The Kier molecular flexibility index (Phi) is 3.60. The van der Waals surface area contributed by atoms with Crippen LogP contribution in [-0.4, -0.2) is 5.78 Å². The van der Waals surface area contributed by atoms with Crippen LogP contribution in [0.3, 0.4) is 0 Å². The topological polar surface area (TPSA) is 17.1 Å². The third kappa shape index (κ3) is 2.07. The molecular formula is C22H34O. The van der Waals surface area contributed by atoms with Crippen molar-refractivity contribution in [2.45, 2.75) is 79.1 Å². The molecule has 4 aliphatic rings. The molecule has 1 nitrogen and oxygen atoms in total. The molecule has 4 aliphatic carbocycles. The van der Waals surface area contributed by atoms with Gasteiger partial charge in [0.15, 0.2) is 0 Å². The van der Waals surface area contributed by atoms with Crippen molar-refractivity contribution >= 4 is 5.78 Å². The van der Waals surface area contributed by atoms with Gasteiger partial charge >= 0.3 is 0 Å². The molecule has 0 unspecified atom stereocenters. The Balaban J connectivity index is 1.68. The molecule has 7 atom stereocenters. The third-order valence-corrected chi connectivity index (χ3v) is 8.70. The molecule has 0 amide bonds. The highest BCUT2D eigenvalue weighted by Crippen LogP contribution is 2.65. The van der Waals surface area contributed by atoms with E-state index in [0.29, 0.717) is 23.0 Å². The highest BCUT2D eigenvalue weighted by atomic mass is 16.1. The average Bonchev–Trinajstić information content (AvgIpc) is 2.79. The van der Waals surface area contributed by atoms with Gasteiger partial charge in [0.25, 0.3) is 0 Å². The Morgan fingerprint density at radius 2 is 1.87 bits per heavy atom. The molecule has 0 N–H and O–H groups in total. The summed E-state index contributed by atoms with van der Waals surface area (Å²) in [6, 6.07) is 0. The minimum atomic E-state index is 0.00546. The minimum Gasteiger partial charge on any atom is -0.299 e. The fourth-order valence-electron chi connectivity index (χ4n) is 7.14. The van der Waals surface area contributed by atoms with E-state index in [1.165, 1.54) is 38.5 Å². The summed E-state index contributed by atoms with van der Waals surface area (Å²) in [4.78, 5) is 13.0. The molecule has 128 valence electrons. The molecule has 0 aromatic carbocycles. The lowest BCUT2D eigenvalue weighted by atomic mass is 9.47. The molecule has 0 bridgehead atoms. The molecule has 0 aromatic heterocycles. The van der Waals surface area contributed by atoms with Crippen molar-refractivity contribution < 1.29 is 4.79 Å². The van der Waals surface area contributed by atoms with Crippen molar-refractivity contribution in [2.75, 3.05) is 0 Å². The molecule has 0 aliphatic heterocycles. The zero-order valence-corrected chi connectivity index (χ0v) is 15.5. The summed E-state index contributed by atoms with van der Waals surface area (Å²) < 4.78 is 0. The van der Waals surface area contributed by atoms with Gasteiger partial charge in [0, 0.05) is 11.3 Å². The lowest BCUT2D eigenvalue weighted by Crippen LogP contribution is -2.50. The normalized spacial score (nSPS) is 52.4. The van der Waals surface area contributed by atoms with Crippen LogP contribution in [0.1, 0.15) is 79.1 Å². The highest BCUT2D eigenvalue weighted by Gasteiger charge is 2.60. The van der Waals surface area contributed by atoms with Gasteiger partial charge in [-0.1, -0.05) is 39.3 Å². The van der Waals surface area contributed by atoms with Gasteiger partial charge < -0.3 is 0 Å². The Morgan fingerprint density at radius 3 is 2.61 bits per heavy atom. The van der Waals surface area contributed by atoms with Gasteiger partial charge in [-0.2, -0.15) is 0 Å². The Morgan fingerprint density at radius 1 is 1.13 bits per heavy atom. The number of allylic oxidation sites excluding steroid dienone is 2. The molecule has 0 radical (unpaired) electrons. The van der Waals surface area contributed by atoms with Gasteiger partial charge in [0.2, 0.25) is 0 Å². The van der Waals surface area contributed by atoms with Crippen LogP contribution in [0.5, 0.6) is 0 Å². The second kappa shape index (κ2) is 5.20. The van der Waals surface area contributed by atoms with Crippen LogP contribution >= 0.6 is 0 Å². The van der Waals surface area contributed by atoms with Gasteiger partial charge in [-0.25, -0.2) is 0 Å². The van der Waals surface area contributed by atoms with Crippen molar-refractivity contribution in [1.82, 2.24) is 0 Å². The second-order valence-corrected chi connectivity index (χ2v) is 9.77. The van der Waals surface area contributed by atoms with Crippen LogP contribution in [0.25, 0.3) is 0 Å². The third-order valence-electron chi connectivity index (χ3n) is 8.70. The number of fused-ring (bicyclic) bond motifs is 5. The first-order valence-corrected chi connectivity index (χ1v) is 10.1. The molecule has 1 heteroatoms. The number of Topliss-reactive ketones (excluding diaryl/α,β-unsaturated/α-hetero) is 1. The van der Waals surface area contributed by atoms with E-state index in [4.69, 9.17) is 0 Å². The summed E-state index contributed by atoms with van der Waals surface area (Å²) in [5, 5.41) is 0. The number of hydrogen-bond donors (Lipinski definition) is 0. The monoisotopic (exact) mass is 314 g/mol. The Labute approximate surface area is 142 Å². The quantitative estimate of drug-likeness (QED) is 0.560. The van der Waals surface area contributed by atoms with E-state index in [1.807, 2.05) is 0 Å². The maximum Gasteiger partial charge on any atom is 0.142 e. The van der Waals surface area contributed by atoms with E-state index in [-0.39, 0.29) is 5.41 Å². The zero-order chi connectivity index (χ0) is 16.4. The van der Waals surface area contributed by atoms with E-state index in [2.05, 4.69) is 33.8 Å². The molecule has 4 rings (SSSR count). The minimum absolute atomic E-state index is 0.00546. The van der Waals surface area contributed by atoms with E-state index in [0.717, 1.165) is 30.6 Å². The van der Waals surface area contributed by atoms with Crippen molar-refractivity contribution in [2.24, 2.45) is 40.4 Å². The maximum absolute atomic E-state index is 13.0. The van der Waals surface area contributed by atoms with Crippen LogP contribution in [0.15, 0.2) is 11.6 Å². The van der Waals surface area contributed by atoms with Crippen molar-refractivity contribution in [3.63, 3.8) is 0 Å². The van der Waals surface area contributed by atoms with E-state index < -0.39 is 0 Å². The Bertz CT molecular complexity index is 546. The number of hydrogen-bond acceptors (Lipinski definition) is 1. The molecule has 0 aromatic rings. The molecule has 0 saturated heterocycles. The smallest absolute Gasteiger partial charge is 0.142 e. The summed E-state index contributed by atoms with van der Waals surface area (Å²) in [6.45, 7) is 9.52. The van der Waals surface area contributed by atoms with E-state index >= 15 is 0 Å². The predicted molar refractivity (Wildman–Crippen MR) is 95.0 cm³/mol. The summed E-state index contributed by atoms with van der Waals surface area (Å²) >= 11 is 0. The van der Waals surface area contributed by atoms with Gasteiger partial charge in [0.1, 0.15) is 5.78 Å². The number of rotatable bonds is 1. The molecule has 3 fully saturated rings. The molecule has 3 saturated carbocycles. The van der Waals surface area contributed by atoms with E-state index in [9.17, 15) is 4.79 Å².